The van der Waals surface area contributed by atoms with Crippen LogP contribution in [0.2, 0.25) is 0 Å². The van der Waals surface area contributed by atoms with Gasteiger partial charge in [0.1, 0.15) is 11.5 Å². The number of ketones is 2. The number of carbonyl (C=O) groups is 2. The Morgan fingerprint density at radius 1 is 1.37 bits per heavy atom. The lowest BCUT2D eigenvalue weighted by Crippen LogP contribution is -2.42. The quantitative estimate of drug-likeness (QED) is 0.775. The lowest BCUT2D eigenvalue weighted by atomic mass is 9.98. The van der Waals surface area contributed by atoms with Crippen LogP contribution in [0.25, 0.3) is 0 Å². The Morgan fingerprint density at radius 3 is 2.63 bits per heavy atom. The molecule has 1 atom stereocenters. The monoisotopic (exact) mass is 261 g/mol. The van der Waals surface area contributed by atoms with Crippen LogP contribution in [-0.4, -0.2) is 43.2 Å². The minimum atomic E-state index is 0.0393. The average Bonchev–Trinajstić information content (AvgIpc) is 2.43. The second-order valence-corrected chi connectivity index (χ2v) is 5.00. The standard InChI is InChI=1S/C15H19NO3/c1-11-9-16(8-7-14(11)17)10-15(18)12-3-5-13(19-2)6-4-12/h3-6,11H,7-10H2,1-2H3. The molecule has 1 aliphatic rings. The summed E-state index contributed by atoms with van der Waals surface area (Å²) in [7, 11) is 1.60. The molecule has 1 heterocycles. The molecule has 0 saturated carbocycles. The fourth-order valence-electron chi connectivity index (χ4n) is 2.31. The lowest BCUT2D eigenvalue weighted by Gasteiger charge is -2.29. The summed E-state index contributed by atoms with van der Waals surface area (Å²) in [5, 5.41) is 0. The number of piperidine rings is 1. The summed E-state index contributed by atoms with van der Waals surface area (Å²) in [4.78, 5) is 25.6. The normalized spacial score (nSPS) is 20.3. The molecule has 0 aliphatic carbocycles. The molecule has 0 N–H and O–H groups in total. The Labute approximate surface area is 113 Å². The summed E-state index contributed by atoms with van der Waals surface area (Å²) in [6, 6.07) is 7.13. The summed E-state index contributed by atoms with van der Waals surface area (Å²) >= 11 is 0. The number of rotatable bonds is 4. The van der Waals surface area contributed by atoms with Crippen molar-refractivity contribution in [2.45, 2.75) is 13.3 Å². The first-order chi connectivity index (χ1) is 9.10. The summed E-state index contributed by atoms with van der Waals surface area (Å²) < 4.78 is 5.07. The number of ether oxygens (including phenoxy) is 1. The largest absolute Gasteiger partial charge is 0.497 e. The molecule has 2 rings (SSSR count). The van der Waals surface area contributed by atoms with Crippen LogP contribution < -0.4 is 4.74 Å². The van der Waals surface area contributed by atoms with E-state index < -0.39 is 0 Å². The molecule has 0 aromatic heterocycles. The highest BCUT2D eigenvalue weighted by atomic mass is 16.5. The van der Waals surface area contributed by atoms with Gasteiger partial charge in [0.05, 0.1) is 13.7 Å². The number of benzene rings is 1. The van der Waals surface area contributed by atoms with Crippen molar-refractivity contribution in [3.05, 3.63) is 29.8 Å². The van der Waals surface area contributed by atoms with Gasteiger partial charge < -0.3 is 4.74 Å². The van der Waals surface area contributed by atoms with Crippen LogP contribution >= 0.6 is 0 Å². The van der Waals surface area contributed by atoms with Crippen molar-refractivity contribution >= 4 is 11.6 Å². The van der Waals surface area contributed by atoms with Gasteiger partial charge in [-0.15, -0.1) is 0 Å². The van der Waals surface area contributed by atoms with Gasteiger partial charge in [0.25, 0.3) is 0 Å². The fraction of sp³-hybridized carbons (Fsp3) is 0.467. The van der Waals surface area contributed by atoms with Gasteiger partial charge in [-0.3, -0.25) is 14.5 Å². The first-order valence-corrected chi connectivity index (χ1v) is 6.52. The predicted octanol–water partition coefficient (Wildman–Crippen LogP) is 1.79. The predicted molar refractivity (Wildman–Crippen MR) is 72.6 cm³/mol. The zero-order chi connectivity index (χ0) is 13.8. The minimum Gasteiger partial charge on any atom is -0.497 e. The van der Waals surface area contributed by atoms with Crippen LogP contribution in [0, 0.1) is 5.92 Å². The molecule has 0 radical (unpaired) electrons. The first-order valence-electron chi connectivity index (χ1n) is 6.52. The number of hydrogen-bond donors (Lipinski definition) is 0. The number of nitrogens with zero attached hydrogens (tertiary/aromatic N) is 1. The Hall–Kier alpha value is -1.68. The van der Waals surface area contributed by atoms with Gasteiger partial charge >= 0.3 is 0 Å². The highest BCUT2D eigenvalue weighted by Crippen LogP contribution is 2.15. The fourth-order valence-corrected chi connectivity index (χ4v) is 2.31. The van der Waals surface area contributed by atoms with E-state index in [9.17, 15) is 9.59 Å². The van der Waals surface area contributed by atoms with Gasteiger partial charge in [-0.25, -0.2) is 0 Å². The van der Waals surface area contributed by atoms with Gasteiger partial charge in [-0.2, -0.15) is 0 Å². The highest BCUT2D eigenvalue weighted by molar-refractivity contribution is 5.97. The van der Waals surface area contributed by atoms with Gasteiger partial charge in [0, 0.05) is 31.0 Å². The van der Waals surface area contributed by atoms with Crippen LogP contribution in [0.1, 0.15) is 23.7 Å². The van der Waals surface area contributed by atoms with E-state index in [4.69, 9.17) is 4.74 Å². The molecule has 1 aliphatic heterocycles. The van der Waals surface area contributed by atoms with Gasteiger partial charge in [-0.05, 0) is 24.3 Å². The molecule has 0 bridgehead atoms. The maximum Gasteiger partial charge on any atom is 0.176 e. The van der Waals surface area contributed by atoms with E-state index in [1.54, 1.807) is 31.4 Å². The minimum absolute atomic E-state index is 0.0393. The van der Waals surface area contributed by atoms with Crippen LogP contribution in [0.5, 0.6) is 5.75 Å². The molecular formula is C15H19NO3. The molecule has 4 nitrogen and oxygen atoms in total. The maximum atomic E-state index is 12.1. The zero-order valence-electron chi connectivity index (χ0n) is 11.4. The van der Waals surface area contributed by atoms with Crippen molar-refractivity contribution in [2.24, 2.45) is 5.92 Å². The van der Waals surface area contributed by atoms with E-state index in [1.807, 2.05) is 6.92 Å². The molecule has 19 heavy (non-hydrogen) atoms. The Balaban J connectivity index is 1.95. The van der Waals surface area contributed by atoms with Crippen molar-refractivity contribution < 1.29 is 14.3 Å². The lowest BCUT2D eigenvalue weighted by molar-refractivity contribution is -0.125. The second kappa shape index (κ2) is 5.97. The van der Waals surface area contributed by atoms with E-state index in [0.29, 0.717) is 37.4 Å². The molecule has 1 unspecified atom stereocenters. The topological polar surface area (TPSA) is 46.6 Å². The first kappa shape index (κ1) is 13.7. The van der Waals surface area contributed by atoms with Crippen LogP contribution in [0.4, 0.5) is 0 Å². The Morgan fingerprint density at radius 2 is 2.05 bits per heavy atom. The Kier molecular flexibility index (Phi) is 4.32. The highest BCUT2D eigenvalue weighted by Gasteiger charge is 2.24. The van der Waals surface area contributed by atoms with E-state index >= 15 is 0 Å². The van der Waals surface area contributed by atoms with Gasteiger partial charge in [0.2, 0.25) is 0 Å². The molecular weight excluding hydrogens is 242 g/mol. The molecule has 1 aromatic carbocycles. The number of likely N-dealkylation sites (tertiary alicyclic amines) is 1. The summed E-state index contributed by atoms with van der Waals surface area (Å²) in [5.41, 5.74) is 0.686. The van der Waals surface area contributed by atoms with E-state index in [0.717, 1.165) is 5.75 Å². The molecule has 4 heteroatoms. The third-order valence-electron chi connectivity index (χ3n) is 3.54. The Bertz CT molecular complexity index is 467. The average molecular weight is 261 g/mol. The number of carbonyl (C=O) groups excluding carboxylic acids is 2. The van der Waals surface area contributed by atoms with Gasteiger partial charge in [-0.1, -0.05) is 6.92 Å². The summed E-state index contributed by atoms with van der Waals surface area (Å²) in [5.74, 6) is 1.17. The number of hydrogen-bond acceptors (Lipinski definition) is 4. The molecule has 0 amide bonds. The van der Waals surface area contributed by atoms with E-state index in [2.05, 4.69) is 4.90 Å². The van der Waals surface area contributed by atoms with Crippen molar-refractivity contribution in [2.75, 3.05) is 26.7 Å². The smallest absolute Gasteiger partial charge is 0.176 e. The van der Waals surface area contributed by atoms with Crippen molar-refractivity contribution in [3.63, 3.8) is 0 Å². The van der Waals surface area contributed by atoms with E-state index in [-0.39, 0.29) is 11.7 Å². The molecule has 1 saturated heterocycles. The molecule has 0 spiro atoms. The summed E-state index contributed by atoms with van der Waals surface area (Å²) in [6.07, 6.45) is 0.553. The number of Topliss-reactive ketones (excluding diaryl/α,β-unsaturated/α-hetero) is 2. The number of methoxy groups -OCH3 is 1. The third-order valence-corrected chi connectivity index (χ3v) is 3.54. The van der Waals surface area contributed by atoms with Crippen LogP contribution in [0.15, 0.2) is 24.3 Å². The SMILES string of the molecule is COc1ccc(C(=O)CN2CCC(=O)C(C)C2)cc1. The second-order valence-electron chi connectivity index (χ2n) is 5.00. The summed E-state index contributed by atoms with van der Waals surface area (Å²) in [6.45, 7) is 3.67. The van der Waals surface area contributed by atoms with Crippen molar-refractivity contribution in [1.29, 1.82) is 0 Å². The van der Waals surface area contributed by atoms with Crippen molar-refractivity contribution in [3.8, 4) is 5.75 Å². The van der Waals surface area contributed by atoms with Gasteiger partial charge in [0.15, 0.2) is 5.78 Å². The van der Waals surface area contributed by atoms with Crippen LogP contribution in [-0.2, 0) is 4.79 Å². The van der Waals surface area contributed by atoms with Crippen LogP contribution in [0.3, 0.4) is 0 Å². The maximum absolute atomic E-state index is 12.1. The molecule has 1 fully saturated rings. The third kappa shape index (κ3) is 3.41. The molecule has 1 aromatic rings. The van der Waals surface area contributed by atoms with E-state index in [1.165, 1.54) is 0 Å². The molecule has 102 valence electrons. The zero-order valence-corrected chi connectivity index (χ0v) is 11.4. The van der Waals surface area contributed by atoms with Crippen molar-refractivity contribution in [1.82, 2.24) is 4.90 Å².